The third-order valence-electron chi connectivity index (χ3n) is 2.88. The first-order valence-electron chi connectivity index (χ1n) is 5.44. The molecule has 0 aliphatic heterocycles. The van der Waals surface area contributed by atoms with Gasteiger partial charge in [-0.05, 0) is 19.1 Å². The fraction of sp³-hybridized carbons (Fsp3) is 0.154. The largest absolute Gasteiger partial charge is 0.461 e. The van der Waals surface area contributed by atoms with E-state index in [1.54, 1.807) is 4.68 Å². The molecule has 0 fully saturated rings. The molecule has 2 heterocycles. The van der Waals surface area contributed by atoms with Crippen molar-refractivity contribution in [2.24, 2.45) is 7.05 Å². The summed E-state index contributed by atoms with van der Waals surface area (Å²) in [5.41, 5.74) is 8.60. The zero-order chi connectivity index (χ0) is 12.0. The van der Waals surface area contributed by atoms with Crippen molar-refractivity contribution >= 4 is 16.8 Å². The molecule has 0 spiro atoms. The number of aryl methyl sites for hydroxylation is 2. The molecule has 4 nitrogen and oxygen atoms in total. The average Bonchev–Trinajstić information content (AvgIpc) is 2.81. The molecule has 0 amide bonds. The Morgan fingerprint density at radius 3 is 2.82 bits per heavy atom. The lowest BCUT2D eigenvalue weighted by atomic mass is 10.1. The topological polar surface area (TPSA) is 57.0 Å². The number of hydrogen-bond acceptors (Lipinski definition) is 3. The predicted octanol–water partition coefficient (Wildman–Crippen LogP) is 2.72. The zero-order valence-electron chi connectivity index (χ0n) is 9.77. The van der Waals surface area contributed by atoms with Gasteiger partial charge in [0.1, 0.15) is 17.2 Å². The van der Waals surface area contributed by atoms with Crippen LogP contribution in [0.3, 0.4) is 0 Å². The summed E-state index contributed by atoms with van der Waals surface area (Å²) in [6, 6.07) is 9.84. The molecule has 4 heteroatoms. The minimum absolute atomic E-state index is 0.650. The molecule has 0 atom stereocenters. The van der Waals surface area contributed by atoms with Crippen LogP contribution >= 0.6 is 0 Å². The van der Waals surface area contributed by atoms with E-state index in [1.807, 2.05) is 44.3 Å². The summed E-state index contributed by atoms with van der Waals surface area (Å²) in [6.07, 6.45) is 0. The summed E-state index contributed by atoms with van der Waals surface area (Å²) in [5, 5.41) is 5.46. The molecule has 0 saturated carbocycles. The fourth-order valence-electron chi connectivity index (χ4n) is 2.02. The molecule has 0 aliphatic rings. The number of nitrogens with zero attached hydrogens (tertiary/aromatic N) is 2. The van der Waals surface area contributed by atoms with E-state index in [9.17, 15) is 0 Å². The van der Waals surface area contributed by atoms with Gasteiger partial charge in [0.05, 0.1) is 5.69 Å². The maximum Gasteiger partial charge on any atom is 0.134 e. The van der Waals surface area contributed by atoms with Gasteiger partial charge in [-0.1, -0.05) is 12.1 Å². The van der Waals surface area contributed by atoms with Gasteiger partial charge in [0.2, 0.25) is 0 Å². The maximum absolute atomic E-state index is 5.80. The van der Waals surface area contributed by atoms with E-state index in [1.165, 1.54) is 0 Å². The predicted molar refractivity (Wildman–Crippen MR) is 67.6 cm³/mol. The van der Waals surface area contributed by atoms with Crippen molar-refractivity contribution in [2.45, 2.75) is 6.92 Å². The molecule has 0 aliphatic carbocycles. The molecule has 0 radical (unpaired) electrons. The summed E-state index contributed by atoms with van der Waals surface area (Å²) < 4.78 is 7.27. The minimum atomic E-state index is 0.650. The number of aromatic nitrogens is 2. The first kappa shape index (κ1) is 9.96. The monoisotopic (exact) mass is 227 g/mol. The van der Waals surface area contributed by atoms with Crippen molar-refractivity contribution in [3.63, 3.8) is 0 Å². The lowest BCUT2D eigenvalue weighted by molar-refractivity contribution is 0.578. The highest BCUT2D eigenvalue weighted by Crippen LogP contribution is 2.30. The Morgan fingerprint density at radius 1 is 1.29 bits per heavy atom. The van der Waals surface area contributed by atoms with Crippen molar-refractivity contribution in [3.05, 3.63) is 36.1 Å². The van der Waals surface area contributed by atoms with E-state index in [0.29, 0.717) is 5.82 Å². The van der Waals surface area contributed by atoms with Gasteiger partial charge in [0.15, 0.2) is 0 Å². The maximum atomic E-state index is 5.80. The van der Waals surface area contributed by atoms with Gasteiger partial charge in [-0.15, -0.1) is 0 Å². The van der Waals surface area contributed by atoms with Gasteiger partial charge in [-0.3, -0.25) is 4.68 Å². The van der Waals surface area contributed by atoms with E-state index in [0.717, 1.165) is 28.0 Å². The second kappa shape index (κ2) is 3.38. The molecule has 0 unspecified atom stereocenters. The third kappa shape index (κ3) is 1.49. The van der Waals surface area contributed by atoms with Crippen molar-refractivity contribution in [1.29, 1.82) is 0 Å². The Morgan fingerprint density at radius 2 is 2.12 bits per heavy atom. The van der Waals surface area contributed by atoms with Crippen LogP contribution in [-0.2, 0) is 7.05 Å². The van der Waals surface area contributed by atoms with Gasteiger partial charge in [-0.25, -0.2) is 0 Å². The number of furan rings is 1. The smallest absolute Gasteiger partial charge is 0.134 e. The second-order valence-corrected chi connectivity index (χ2v) is 4.15. The molecular weight excluding hydrogens is 214 g/mol. The van der Waals surface area contributed by atoms with Gasteiger partial charge < -0.3 is 10.2 Å². The number of nitrogen functional groups attached to an aromatic ring is 1. The van der Waals surface area contributed by atoms with Gasteiger partial charge in [0.25, 0.3) is 0 Å². The Labute approximate surface area is 98.6 Å². The molecule has 1 aromatic carbocycles. The number of nitrogens with two attached hydrogens (primary N) is 1. The number of hydrogen-bond donors (Lipinski definition) is 1. The second-order valence-electron chi connectivity index (χ2n) is 4.15. The Hall–Kier alpha value is -2.23. The zero-order valence-corrected chi connectivity index (χ0v) is 9.77. The lowest BCUT2D eigenvalue weighted by Gasteiger charge is -1.97. The van der Waals surface area contributed by atoms with E-state index < -0.39 is 0 Å². The van der Waals surface area contributed by atoms with Crippen LogP contribution in [0.25, 0.3) is 22.2 Å². The number of fused-ring (bicyclic) bond motifs is 1. The van der Waals surface area contributed by atoms with Crippen LogP contribution in [0.2, 0.25) is 0 Å². The highest BCUT2D eigenvalue weighted by atomic mass is 16.3. The third-order valence-corrected chi connectivity index (χ3v) is 2.88. The van der Waals surface area contributed by atoms with E-state index in [-0.39, 0.29) is 0 Å². The van der Waals surface area contributed by atoms with Crippen LogP contribution in [0.15, 0.2) is 34.7 Å². The van der Waals surface area contributed by atoms with Crippen molar-refractivity contribution in [2.75, 3.05) is 5.73 Å². The highest BCUT2D eigenvalue weighted by molar-refractivity contribution is 5.93. The van der Waals surface area contributed by atoms with Crippen LogP contribution in [0.4, 0.5) is 5.82 Å². The highest BCUT2D eigenvalue weighted by Gasteiger charge is 2.10. The first-order chi connectivity index (χ1) is 8.15. The fourth-order valence-corrected chi connectivity index (χ4v) is 2.02. The molecule has 0 saturated heterocycles. The molecular formula is C13H13N3O. The Balaban J connectivity index is 2.29. The Kier molecular flexibility index (Phi) is 1.98. The van der Waals surface area contributed by atoms with Crippen LogP contribution < -0.4 is 5.73 Å². The standard InChI is InChI=1S/C13H13N3O/c1-8-6-10-9(4-3-5-12(10)17-8)11-7-13(14)16(2)15-11/h3-7H,14H2,1-2H3. The van der Waals surface area contributed by atoms with Crippen LogP contribution in [0, 0.1) is 6.92 Å². The minimum Gasteiger partial charge on any atom is -0.461 e. The van der Waals surface area contributed by atoms with Crippen molar-refractivity contribution in [3.8, 4) is 11.3 Å². The number of rotatable bonds is 1. The summed E-state index contributed by atoms with van der Waals surface area (Å²) in [6.45, 7) is 1.94. The molecule has 86 valence electrons. The van der Waals surface area contributed by atoms with Crippen LogP contribution in [-0.4, -0.2) is 9.78 Å². The summed E-state index contributed by atoms with van der Waals surface area (Å²) >= 11 is 0. The SMILES string of the molecule is Cc1cc2c(-c3cc(N)n(C)n3)cccc2o1. The normalized spacial score (nSPS) is 11.2. The molecule has 17 heavy (non-hydrogen) atoms. The van der Waals surface area contributed by atoms with Crippen LogP contribution in [0.1, 0.15) is 5.76 Å². The average molecular weight is 227 g/mol. The molecule has 2 N–H and O–H groups in total. The van der Waals surface area contributed by atoms with Gasteiger partial charge >= 0.3 is 0 Å². The molecule has 3 aromatic rings. The number of anilines is 1. The van der Waals surface area contributed by atoms with Crippen molar-refractivity contribution in [1.82, 2.24) is 9.78 Å². The first-order valence-corrected chi connectivity index (χ1v) is 5.44. The van der Waals surface area contributed by atoms with E-state index in [2.05, 4.69) is 5.10 Å². The van der Waals surface area contributed by atoms with E-state index in [4.69, 9.17) is 10.2 Å². The molecule has 0 bridgehead atoms. The van der Waals surface area contributed by atoms with Crippen molar-refractivity contribution < 1.29 is 4.42 Å². The Bertz CT molecular complexity index is 674. The summed E-state index contributed by atoms with van der Waals surface area (Å²) in [7, 11) is 1.83. The quantitative estimate of drug-likeness (QED) is 0.695. The molecule has 2 aromatic heterocycles. The van der Waals surface area contributed by atoms with E-state index >= 15 is 0 Å². The number of benzene rings is 1. The van der Waals surface area contributed by atoms with Gasteiger partial charge in [-0.2, -0.15) is 5.10 Å². The summed E-state index contributed by atoms with van der Waals surface area (Å²) in [5.74, 6) is 1.55. The molecule has 3 rings (SSSR count). The summed E-state index contributed by atoms with van der Waals surface area (Å²) in [4.78, 5) is 0. The van der Waals surface area contributed by atoms with Crippen LogP contribution in [0.5, 0.6) is 0 Å². The van der Waals surface area contributed by atoms with Gasteiger partial charge in [0, 0.05) is 24.1 Å². The lowest BCUT2D eigenvalue weighted by Crippen LogP contribution is -1.96.